The Hall–Kier alpha value is -1.79. The first kappa shape index (κ1) is 14.3. The van der Waals surface area contributed by atoms with Gasteiger partial charge in [0.1, 0.15) is 0 Å². The van der Waals surface area contributed by atoms with Gasteiger partial charge in [0.25, 0.3) is 0 Å². The number of hydrogen-bond donors (Lipinski definition) is 1. The van der Waals surface area contributed by atoms with E-state index in [9.17, 15) is 5.11 Å². The quantitative estimate of drug-likeness (QED) is 0.810. The van der Waals surface area contributed by atoms with Crippen molar-refractivity contribution in [2.45, 2.75) is 32.9 Å². The normalized spacial score (nSPS) is 12.0. The highest BCUT2D eigenvalue weighted by Gasteiger charge is 2.16. The SMILES string of the molecule is C=CCN(c1cc(C#N)ccc1[C@@H](C)O)C(C)C. The third-order valence-electron chi connectivity index (χ3n) is 2.87. The average molecular weight is 244 g/mol. The van der Waals surface area contributed by atoms with Crippen molar-refractivity contribution >= 4 is 5.69 Å². The number of rotatable bonds is 5. The Kier molecular flexibility index (Phi) is 4.94. The molecule has 3 nitrogen and oxygen atoms in total. The molecule has 0 saturated carbocycles. The molecule has 0 saturated heterocycles. The Labute approximate surface area is 109 Å². The van der Waals surface area contributed by atoms with E-state index in [0.717, 1.165) is 11.3 Å². The van der Waals surface area contributed by atoms with Crippen LogP contribution in [0.4, 0.5) is 5.69 Å². The monoisotopic (exact) mass is 244 g/mol. The molecule has 0 spiro atoms. The Balaban J connectivity index is 3.32. The third-order valence-corrected chi connectivity index (χ3v) is 2.87. The molecule has 0 radical (unpaired) electrons. The highest BCUT2D eigenvalue weighted by molar-refractivity contribution is 5.59. The standard InChI is InChI=1S/C15H20N2O/c1-5-8-17(11(2)3)15-9-13(10-16)6-7-14(15)12(4)18/h5-7,9,11-12,18H,1,8H2,2-4H3/t12-/m1/s1. The summed E-state index contributed by atoms with van der Waals surface area (Å²) in [5.74, 6) is 0. The summed E-state index contributed by atoms with van der Waals surface area (Å²) in [4.78, 5) is 2.12. The van der Waals surface area contributed by atoms with Gasteiger partial charge in [0.15, 0.2) is 0 Å². The van der Waals surface area contributed by atoms with Crippen molar-refractivity contribution in [3.63, 3.8) is 0 Å². The molecule has 0 aliphatic carbocycles. The van der Waals surface area contributed by atoms with Crippen LogP contribution in [0.5, 0.6) is 0 Å². The van der Waals surface area contributed by atoms with Crippen LogP contribution in [0.15, 0.2) is 30.9 Å². The summed E-state index contributed by atoms with van der Waals surface area (Å²) in [7, 11) is 0. The first-order valence-corrected chi connectivity index (χ1v) is 6.11. The van der Waals surface area contributed by atoms with Crippen LogP contribution in [0.3, 0.4) is 0 Å². The molecule has 0 aliphatic heterocycles. The van der Waals surface area contributed by atoms with Crippen LogP contribution in [0, 0.1) is 11.3 Å². The van der Waals surface area contributed by atoms with E-state index < -0.39 is 6.10 Å². The predicted molar refractivity (Wildman–Crippen MR) is 74.5 cm³/mol. The second kappa shape index (κ2) is 6.23. The van der Waals surface area contributed by atoms with Crippen molar-refractivity contribution in [3.05, 3.63) is 42.0 Å². The predicted octanol–water partition coefficient (Wildman–Crippen LogP) is 3.01. The Morgan fingerprint density at radius 3 is 2.56 bits per heavy atom. The number of aliphatic hydroxyl groups is 1. The summed E-state index contributed by atoms with van der Waals surface area (Å²) in [5, 5.41) is 18.8. The maximum atomic E-state index is 9.83. The van der Waals surface area contributed by atoms with Gasteiger partial charge in [-0.15, -0.1) is 6.58 Å². The number of nitrogens with zero attached hydrogens (tertiary/aromatic N) is 2. The van der Waals surface area contributed by atoms with Gasteiger partial charge in [0.2, 0.25) is 0 Å². The molecular weight excluding hydrogens is 224 g/mol. The number of aliphatic hydroxyl groups excluding tert-OH is 1. The van der Waals surface area contributed by atoms with E-state index >= 15 is 0 Å². The zero-order valence-electron chi connectivity index (χ0n) is 11.2. The van der Waals surface area contributed by atoms with Crippen molar-refractivity contribution in [1.29, 1.82) is 5.26 Å². The van der Waals surface area contributed by atoms with Crippen LogP contribution in [-0.4, -0.2) is 17.7 Å². The van der Waals surface area contributed by atoms with Gasteiger partial charge < -0.3 is 10.0 Å². The molecule has 0 fully saturated rings. The summed E-state index contributed by atoms with van der Waals surface area (Å²) in [6.07, 6.45) is 1.27. The topological polar surface area (TPSA) is 47.3 Å². The zero-order chi connectivity index (χ0) is 13.7. The van der Waals surface area contributed by atoms with Gasteiger partial charge in [-0.05, 0) is 32.9 Å². The minimum absolute atomic E-state index is 0.273. The average Bonchev–Trinajstić information content (AvgIpc) is 2.34. The number of nitriles is 1. The molecular formula is C15H20N2O. The second-order valence-electron chi connectivity index (χ2n) is 4.60. The van der Waals surface area contributed by atoms with E-state index in [1.807, 2.05) is 18.2 Å². The minimum atomic E-state index is -0.557. The van der Waals surface area contributed by atoms with Gasteiger partial charge in [-0.3, -0.25) is 0 Å². The van der Waals surface area contributed by atoms with Gasteiger partial charge in [-0.2, -0.15) is 5.26 Å². The van der Waals surface area contributed by atoms with Crippen molar-refractivity contribution in [2.24, 2.45) is 0 Å². The fourth-order valence-electron chi connectivity index (χ4n) is 1.94. The molecule has 1 aromatic carbocycles. The minimum Gasteiger partial charge on any atom is -0.389 e. The lowest BCUT2D eigenvalue weighted by Gasteiger charge is -2.30. The molecule has 0 amide bonds. The summed E-state index contributed by atoms with van der Waals surface area (Å²) < 4.78 is 0. The van der Waals surface area contributed by atoms with E-state index in [2.05, 4.69) is 31.4 Å². The molecule has 1 rings (SSSR count). The molecule has 3 heteroatoms. The maximum Gasteiger partial charge on any atom is 0.0992 e. The lowest BCUT2D eigenvalue weighted by atomic mass is 10.0. The fraction of sp³-hybridized carbons (Fsp3) is 0.400. The van der Waals surface area contributed by atoms with E-state index in [-0.39, 0.29) is 6.04 Å². The lowest BCUT2D eigenvalue weighted by molar-refractivity contribution is 0.199. The van der Waals surface area contributed by atoms with Gasteiger partial charge in [0.05, 0.1) is 17.7 Å². The van der Waals surface area contributed by atoms with Crippen LogP contribution in [-0.2, 0) is 0 Å². The summed E-state index contributed by atoms with van der Waals surface area (Å²) >= 11 is 0. The van der Waals surface area contributed by atoms with Crippen molar-refractivity contribution in [2.75, 3.05) is 11.4 Å². The van der Waals surface area contributed by atoms with Gasteiger partial charge in [-0.25, -0.2) is 0 Å². The fourth-order valence-corrected chi connectivity index (χ4v) is 1.94. The van der Waals surface area contributed by atoms with E-state index in [1.54, 1.807) is 13.0 Å². The number of benzene rings is 1. The zero-order valence-corrected chi connectivity index (χ0v) is 11.2. The van der Waals surface area contributed by atoms with Crippen molar-refractivity contribution in [3.8, 4) is 6.07 Å². The van der Waals surface area contributed by atoms with Gasteiger partial charge in [-0.1, -0.05) is 12.1 Å². The molecule has 0 heterocycles. The smallest absolute Gasteiger partial charge is 0.0992 e. The Morgan fingerprint density at radius 2 is 2.11 bits per heavy atom. The molecule has 0 bridgehead atoms. The van der Waals surface area contributed by atoms with E-state index in [1.165, 1.54) is 0 Å². The molecule has 0 unspecified atom stereocenters. The largest absolute Gasteiger partial charge is 0.389 e. The van der Waals surface area contributed by atoms with E-state index in [0.29, 0.717) is 12.1 Å². The Morgan fingerprint density at radius 1 is 1.44 bits per heavy atom. The summed E-state index contributed by atoms with van der Waals surface area (Å²) in [6, 6.07) is 7.78. The van der Waals surface area contributed by atoms with Gasteiger partial charge in [0, 0.05) is 23.8 Å². The van der Waals surface area contributed by atoms with Crippen molar-refractivity contribution in [1.82, 2.24) is 0 Å². The summed E-state index contributed by atoms with van der Waals surface area (Å²) in [6.45, 7) is 10.3. The number of hydrogen-bond acceptors (Lipinski definition) is 3. The van der Waals surface area contributed by atoms with Crippen LogP contribution < -0.4 is 4.90 Å². The van der Waals surface area contributed by atoms with Crippen LogP contribution >= 0.6 is 0 Å². The van der Waals surface area contributed by atoms with Gasteiger partial charge >= 0.3 is 0 Å². The molecule has 96 valence electrons. The molecule has 1 atom stereocenters. The van der Waals surface area contributed by atoms with Crippen LogP contribution in [0.25, 0.3) is 0 Å². The third kappa shape index (κ3) is 3.12. The molecule has 1 N–H and O–H groups in total. The van der Waals surface area contributed by atoms with E-state index in [4.69, 9.17) is 5.26 Å². The van der Waals surface area contributed by atoms with Crippen LogP contribution in [0.1, 0.15) is 38.0 Å². The maximum absolute atomic E-state index is 9.83. The molecule has 0 aromatic heterocycles. The molecule has 18 heavy (non-hydrogen) atoms. The second-order valence-corrected chi connectivity index (χ2v) is 4.60. The Bertz CT molecular complexity index is 458. The summed E-state index contributed by atoms with van der Waals surface area (Å²) in [5.41, 5.74) is 2.34. The highest BCUT2D eigenvalue weighted by Crippen LogP contribution is 2.29. The highest BCUT2D eigenvalue weighted by atomic mass is 16.3. The first-order valence-electron chi connectivity index (χ1n) is 6.11. The lowest BCUT2D eigenvalue weighted by Crippen LogP contribution is -2.32. The number of anilines is 1. The van der Waals surface area contributed by atoms with Crippen LogP contribution in [0.2, 0.25) is 0 Å². The van der Waals surface area contributed by atoms with Crippen molar-refractivity contribution < 1.29 is 5.11 Å². The first-order chi connectivity index (χ1) is 8.51. The molecule has 0 aliphatic rings. The molecule has 1 aromatic rings.